The van der Waals surface area contributed by atoms with Crippen LogP contribution < -0.4 is 9.64 Å². The normalized spacial score (nSPS) is 13.2. The molecule has 1 N–H and O–H groups in total. The maximum Gasteiger partial charge on any atom is 0.303 e. The highest BCUT2D eigenvalue weighted by molar-refractivity contribution is 5.68. The lowest BCUT2D eigenvalue weighted by Crippen LogP contribution is -2.31. The number of carbonyl (C=O) groups is 1. The Morgan fingerprint density at radius 1 is 1.34 bits per heavy atom. The lowest BCUT2D eigenvalue weighted by molar-refractivity contribution is -0.137. The van der Waals surface area contributed by atoms with Gasteiger partial charge in [-0.25, -0.2) is 4.98 Å². The fourth-order valence-corrected chi connectivity index (χ4v) is 4.79. The van der Waals surface area contributed by atoms with Gasteiger partial charge in [0.2, 0.25) is 5.88 Å². The second kappa shape index (κ2) is 11.2. The number of rotatable bonds is 11. The van der Waals surface area contributed by atoms with Crippen LogP contribution in [0.25, 0.3) is 11.5 Å². The number of fused-ring (bicyclic) bond motifs is 1. The van der Waals surface area contributed by atoms with Gasteiger partial charge in [-0.3, -0.25) is 4.79 Å². The molecular weight excluding hydrogens is 484 g/mol. The summed E-state index contributed by atoms with van der Waals surface area (Å²) < 4.78 is 11.1. The molecule has 0 atom stereocenters. The zero-order valence-electron chi connectivity index (χ0n) is 22.6. The number of benzene rings is 1. The maximum atomic E-state index is 11.0. The number of aromatic nitrogens is 3. The van der Waals surface area contributed by atoms with Crippen molar-refractivity contribution in [3.05, 3.63) is 47.2 Å². The summed E-state index contributed by atoms with van der Waals surface area (Å²) >= 11 is 0. The maximum absolute atomic E-state index is 11.0. The van der Waals surface area contributed by atoms with Crippen LogP contribution in [0.5, 0.6) is 5.88 Å². The number of aliphatic carboxylic acids is 1. The van der Waals surface area contributed by atoms with Crippen molar-refractivity contribution in [3.8, 4) is 23.4 Å². The van der Waals surface area contributed by atoms with Crippen LogP contribution in [0.3, 0.4) is 0 Å². The number of hydrogen-bond donors (Lipinski definition) is 1. The molecule has 0 bridgehead atoms. The molecule has 0 aliphatic carbocycles. The third kappa shape index (κ3) is 6.47. The standard InChI is InChI=1S/C28H34N6O4/c1-18(2)37-25-21(14-29)13-22(15-30-25)26-31-27(32-38-26)34-11-9-20-12-19(6-7-23(20)34)16-33(5)17-28(3,4)10-8-24(35)36/h6-7,12-13,15,18H,8-11,16-17H2,1-5H3,(H,35,36). The van der Waals surface area contributed by atoms with Crippen LogP contribution in [0.4, 0.5) is 11.6 Å². The second-order valence-corrected chi connectivity index (χ2v) is 10.8. The van der Waals surface area contributed by atoms with E-state index >= 15 is 0 Å². The highest BCUT2D eigenvalue weighted by atomic mass is 16.5. The molecule has 1 aromatic carbocycles. The van der Waals surface area contributed by atoms with Crippen LogP contribution in [0.1, 0.15) is 57.2 Å². The molecule has 0 saturated carbocycles. The van der Waals surface area contributed by atoms with Crippen LogP contribution in [-0.4, -0.2) is 57.3 Å². The van der Waals surface area contributed by atoms with Gasteiger partial charge < -0.3 is 24.2 Å². The van der Waals surface area contributed by atoms with E-state index in [9.17, 15) is 10.1 Å². The lowest BCUT2D eigenvalue weighted by atomic mass is 9.87. The topological polar surface area (TPSA) is 129 Å². The van der Waals surface area contributed by atoms with E-state index in [1.54, 1.807) is 12.3 Å². The number of pyridine rings is 1. The summed E-state index contributed by atoms with van der Waals surface area (Å²) in [5, 5.41) is 22.7. The highest BCUT2D eigenvalue weighted by Gasteiger charge is 2.26. The number of nitriles is 1. The summed E-state index contributed by atoms with van der Waals surface area (Å²) in [5.74, 6) is 0.280. The van der Waals surface area contributed by atoms with Gasteiger partial charge >= 0.3 is 5.97 Å². The van der Waals surface area contributed by atoms with Crippen molar-refractivity contribution in [1.82, 2.24) is 20.0 Å². The summed E-state index contributed by atoms with van der Waals surface area (Å²) in [5.41, 5.74) is 4.25. The number of ether oxygens (including phenoxy) is 1. The van der Waals surface area contributed by atoms with Gasteiger partial charge in [-0.05, 0) is 67.6 Å². The van der Waals surface area contributed by atoms with Crippen molar-refractivity contribution in [1.29, 1.82) is 5.26 Å². The molecule has 0 radical (unpaired) electrons. The van der Waals surface area contributed by atoms with Gasteiger partial charge in [0, 0.05) is 37.9 Å². The van der Waals surface area contributed by atoms with Gasteiger partial charge in [0.25, 0.3) is 11.8 Å². The Balaban J connectivity index is 1.44. The summed E-state index contributed by atoms with van der Waals surface area (Å²) in [7, 11) is 2.07. The Bertz CT molecular complexity index is 1340. The number of nitrogens with zero attached hydrogens (tertiary/aromatic N) is 6. The minimum absolute atomic E-state index is 0.0811. The van der Waals surface area contributed by atoms with Crippen LogP contribution in [0, 0.1) is 16.7 Å². The third-order valence-corrected chi connectivity index (χ3v) is 6.43. The predicted octanol–water partition coefficient (Wildman–Crippen LogP) is 4.81. The molecule has 3 aromatic rings. The minimum Gasteiger partial charge on any atom is -0.481 e. The number of anilines is 2. The molecule has 0 unspecified atom stereocenters. The van der Waals surface area contributed by atoms with Crippen molar-refractivity contribution >= 4 is 17.6 Å². The predicted molar refractivity (Wildman–Crippen MR) is 142 cm³/mol. The molecule has 10 heteroatoms. The van der Waals surface area contributed by atoms with Crippen molar-refractivity contribution in [2.24, 2.45) is 5.41 Å². The first-order valence-corrected chi connectivity index (χ1v) is 12.8. The zero-order valence-corrected chi connectivity index (χ0v) is 22.6. The van der Waals surface area contributed by atoms with Gasteiger partial charge in [-0.2, -0.15) is 10.2 Å². The summed E-state index contributed by atoms with van der Waals surface area (Å²) in [6, 6.07) is 10.2. The van der Waals surface area contributed by atoms with Crippen molar-refractivity contribution < 1.29 is 19.2 Å². The summed E-state index contributed by atoms with van der Waals surface area (Å²) in [4.78, 5) is 24.1. The number of hydrogen-bond acceptors (Lipinski definition) is 9. The summed E-state index contributed by atoms with van der Waals surface area (Å²) in [6.07, 6.45) is 3.16. The van der Waals surface area contributed by atoms with Gasteiger partial charge in [0.1, 0.15) is 11.6 Å². The smallest absolute Gasteiger partial charge is 0.303 e. The van der Waals surface area contributed by atoms with E-state index in [4.69, 9.17) is 14.4 Å². The molecule has 0 saturated heterocycles. The van der Waals surface area contributed by atoms with Crippen LogP contribution in [0.2, 0.25) is 0 Å². The van der Waals surface area contributed by atoms with Crippen LogP contribution in [0.15, 0.2) is 35.0 Å². The Morgan fingerprint density at radius 2 is 2.13 bits per heavy atom. The molecule has 2 aromatic heterocycles. The number of carboxylic acid groups (broad SMARTS) is 1. The van der Waals surface area contributed by atoms with E-state index in [0.29, 0.717) is 23.5 Å². The molecule has 4 rings (SSSR count). The molecular formula is C28H34N6O4. The van der Waals surface area contributed by atoms with E-state index in [1.807, 2.05) is 18.7 Å². The average molecular weight is 519 g/mol. The Hall–Kier alpha value is -3.97. The Labute approximate surface area is 222 Å². The highest BCUT2D eigenvalue weighted by Crippen LogP contribution is 2.35. The largest absolute Gasteiger partial charge is 0.481 e. The van der Waals surface area contributed by atoms with Gasteiger partial charge in [-0.1, -0.05) is 26.0 Å². The van der Waals surface area contributed by atoms with E-state index < -0.39 is 5.97 Å². The Morgan fingerprint density at radius 3 is 2.84 bits per heavy atom. The van der Waals surface area contributed by atoms with Crippen LogP contribution >= 0.6 is 0 Å². The molecule has 200 valence electrons. The molecule has 1 aliphatic heterocycles. The van der Waals surface area contributed by atoms with E-state index in [1.165, 1.54) is 11.1 Å². The molecule has 10 nitrogen and oxygen atoms in total. The van der Waals surface area contributed by atoms with E-state index in [2.05, 4.69) is 65.2 Å². The van der Waals surface area contributed by atoms with E-state index in [0.717, 1.165) is 31.7 Å². The second-order valence-electron chi connectivity index (χ2n) is 10.8. The van der Waals surface area contributed by atoms with Crippen molar-refractivity contribution in [3.63, 3.8) is 0 Å². The minimum atomic E-state index is -0.754. The van der Waals surface area contributed by atoms with Crippen molar-refractivity contribution in [2.75, 3.05) is 25.0 Å². The molecule has 0 fully saturated rings. The Kier molecular flexibility index (Phi) is 7.97. The first kappa shape index (κ1) is 27.1. The molecule has 0 spiro atoms. The van der Waals surface area contributed by atoms with Gasteiger partial charge in [0.05, 0.1) is 11.7 Å². The van der Waals surface area contributed by atoms with Gasteiger partial charge in [-0.15, -0.1) is 0 Å². The molecule has 3 heterocycles. The fourth-order valence-electron chi connectivity index (χ4n) is 4.79. The zero-order chi connectivity index (χ0) is 27.4. The first-order valence-electron chi connectivity index (χ1n) is 12.8. The monoisotopic (exact) mass is 518 g/mol. The quantitative estimate of drug-likeness (QED) is 0.378. The SMILES string of the molecule is CC(C)Oc1ncc(-c2nc(N3CCc4cc(CN(C)CC(C)(C)CCC(=O)O)ccc43)no2)cc1C#N. The van der Waals surface area contributed by atoms with E-state index in [-0.39, 0.29) is 29.7 Å². The molecule has 38 heavy (non-hydrogen) atoms. The average Bonchev–Trinajstić information content (AvgIpc) is 3.49. The molecule has 1 aliphatic rings. The van der Waals surface area contributed by atoms with Crippen LogP contribution in [-0.2, 0) is 17.8 Å². The molecule has 0 amide bonds. The lowest BCUT2D eigenvalue weighted by Gasteiger charge is -2.30. The number of carboxylic acids is 1. The fraction of sp³-hybridized carbons (Fsp3) is 0.464. The summed E-state index contributed by atoms with van der Waals surface area (Å²) in [6.45, 7) is 10.3. The van der Waals surface area contributed by atoms with Gasteiger partial charge in [0.15, 0.2) is 0 Å². The van der Waals surface area contributed by atoms with Crippen molar-refractivity contribution in [2.45, 2.75) is 59.6 Å². The third-order valence-electron chi connectivity index (χ3n) is 6.43. The first-order chi connectivity index (χ1) is 18.0.